The average molecular weight is 248 g/mol. The quantitative estimate of drug-likeness (QED) is 0.699. The van der Waals surface area contributed by atoms with Crippen molar-refractivity contribution in [2.45, 2.75) is 38.8 Å². The predicted octanol–water partition coefficient (Wildman–Crippen LogP) is -0.322. The van der Waals surface area contributed by atoms with Crippen LogP contribution in [0.3, 0.4) is 0 Å². The Labute approximate surface area is 96.9 Å². The summed E-state index contributed by atoms with van der Waals surface area (Å²) in [6.07, 6.45) is 1.72. The zero-order valence-electron chi connectivity index (χ0n) is 9.82. The highest BCUT2D eigenvalue weighted by molar-refractivity contribution is 7.91. The number of rotatable bonds is 5. The molecular formula is C10H20N2O3S. The lowest BCUT2D eigenvalue weighted by Gasteiger charge is -2.26. The summed E-state index contributed by atoms with van der Waals surface area (Å²) in [5, 5.41) is 5.83. The van der Waals surface area contributed by atoms with E-state index in [0.717, 1.165) is 19.4 Å². The monoisotopic (exact) mass is 248 g/mol. The summed E-state index contributed by atoms with van der Waals surface area (Å²) in [6, 6.07) is -0.422. The molecule has 1 aliphatic rings. The summed E-state index contributed by atoms with van der Waals surface area (Å²) in [7, 11) is -2.98. The van der Waals surface area contributed by atoms with E-state index in [1.807, 2.05) is 0 Å². The molecule has 1 fully saturated rings. The zero-order chi connectivity index (χ0) is 12.2. The van der Waals surface area contributed by atoms with Gasteiger partial charge in [-0.15, -0.1) is 0 Å². The topological polar surface area (TPSA) is 75.3 Å². The van der Waals surface area contributed by atoms with Crippen molar-refractivity contribution < 1.29 is 13.2 Å². The first kappa shape index (κ1) is 13.4. The molecular weight excluding hydrogens is 228 g/mol. The molecule has 0 radical (unpaired) electrons. The van der Waals surface area contributed by atoms with Gasteiger partial charge < -0.3 is 10.6 Å². The van der Waals surface area contributed by atoms with Gasteiger partial charge in [0.2, 0.25) is 5.91 Å². The molecule has 1 amide bonds. The van der Waals surface area contributed by atoms with Gasteiger partial charge in [0.15, 0.2) is 9.84 Å². The summed E-state index contributed by atoms with van der Waals surface area (Å²) in [5.74, 6) is 0.218. The molecule has 94 valence electrons. The van der Waals surface area contributed by atoms with Crippen LogP contribution in [0.25, 0.3) is 0 Å². The number of sulfone groups is 1. The summed E-state index contributed by atoms with van der Waals surface area (Å²) >= 11 is 0. The highest BCUT2D eigenvalue weighted by atomic mass is 32.2. The fourth-order valence-corrected chi connectivity index (χ4v) is 2.92. The van der Waals surface area contributed by atoms with Gasteiger partial charge in [0.1, 0.15) is 0 Å². The first-order chi connectivity index (χ1) is 7.44. The van der Waals surface area contributed by atoms with E-state index >= 15 is 0 Å². The Morgan fingerprint density at radius 1 is 1.56 bits per heavy atom. The molecule has 0 aromatic heterocycles. The molecule has 0 aliphatic carbocycles. The van der Waals surface area contributed by atoms with Crippen molar-refractivity contribution in [1.82, 2.24) is 10.6 Å². The van der Waals surface area contributed by atoms with Crippen LogP contribution in [0.5, 0.6) is 0 Å². The van der Waals surface area contributed by atoms with Gasteiger partial charge in [0.25, 0.3) is 0 Å². The maximum Gasteiger partial charge on any atom is 0.237 e. The molecule has 0 bridgehead atoms. The van der Waals surface area contributed by atoms with Crippen LogP contribution in [-0.2, 0) is 14.6 Å². The molecule has 16 heavy (non-hydrogen) atoms. The Balaban J connectivity index is 2.44. The molecule has 2 unspecified atom stereocenters. The summed E-state index contributed by atoms with van der Waals surface area (Å²) < 4.78 is 22.8. The SMILES string of the molecule is CCS(=O)(=O)CC(C)NC1CCCNC1=O. The summed E-state index contributed by atoms with van der Waals surface area (Å²) in [6.45, 7) is 4.16. The number of carbonyl (C=O) groups excluding carboxylic acids is 1. The van der Waals surface area contributed by atoms with Crippen LogP contribution in [0, 0.1) is 0 Å². The smallest absolute Gasteiger partial charge is 0.237 e. The van der Waals surface area contributed by atoms with Crippen LogP contribution in [-0.4, -0.2) is 44.5 Å². The number of piperidine rings is 1. The van der Waals surface area contributed by atoms with Crippen LogP contribution in [0.1, 0.15) is 26.7 Å². The highest BCUT2D eigenvalue weighted by Gasteiger charge is 2.24. The molecule has 0 spiro atoms. The van der Waals surface area contributed by atoms with Gasteiger partial charge in [-0.05, 0) is 19.8 Å². The van der Waals surface area contributed by atoms with Crippen molar-refractivity contribution in [1.29, 1.82) is 0 Å². The van der Waals surface area contributed by atoms with Crippen molar-refractivity contribution in [3.05, 3.63) is 0 Å². The molecule has 2 N–H and O–H groups in total. The molecule has 0 aromatic carbocycles. The van der Waals surface area contributed by atoms with E-state index in [0.29, 0.717) is 0 Å². The second-order valence-corrected chi connectivity index (χ2v) is 6.65. The molecule has 1 heterocycles. The second kappa shape index (κ2) is 5.63. The maximum absolute atomic E-state index is 11.4. The summed E-state index contributed by atoms with van der Waals surface area (Å²) in [4.78, 5) is 11.4. The molecule has 6 heteroatoms. The Hall–Kier alpha value is -0.620. The minimum atomic E-state index is -2.98. The van der Waals surface area contributed by atoms with Crippen LogP contribution in [0.15, 0.2) is 0 Å². The number of carbonyl (C=O) groups is 1. The minimum Gasteiger partial charge on any atom is -0.355 e. The highest BCUT2D eigenvalue weighted by Crippen LogP contribution is 2.05. The van der Waals surface area contributed by atoms with E-state index in [2.05, 4.69) is 10.6 Å². The van der Waals surface area contributed by atoms with Gasteiger partial charge in [0, 0.05) is 18.3 Å². The largest absolute Gasteiger partial charge is 0.355 e. The number of amides is 1. The van der Waals surface area contributed by atoms with Crippen LogP contribution in [0.2, 0.25) is 0 Å². The zero-order valence-corrected chi connectivity index (χ0v) is 10.6. The number of hydrogen-bond donors (Lipinski definition) is 2. The molecule has 1 aliphatic heterocycles. The van der Waals surface area contributed by atoms with Crippen molar-refractivity contribution in [2.24, 2.45) is 0 Å². The lowest BCUT2D eigenvalue weighted by molar-refractivity contribution is -0.124. The first-order valence-corrected chi connectivity index (χ1v) is 7.51. The first-order valence-electron chi connectivity index (χ1n) is 5.69. The van der Waals surface area contributed by atoms with E-state index in [9.17, 15) is 13.2 Å². The molecule has 5 nitrogen and oxygen atoms in total. The third-order valence-electron chi connectivity index (χ3n) is 2.71. The lowest BCUT2D eigenvalue weighted by atomic mass is 10.1. The third kappa shape index (κ3) is 4.09. The molecule has 0 aromatic rings. The Morgan fingerprint density at radius 2 is 2.25 bits per heavy atom. The fourth-order valence-electron chi connectivity index (χ4n) is 1.82. The Morgan fingerprint density at radius 3 is 2.81 bits per heavy atom. The fraction of sp³-hybridized carbons (Fsp3) is 0.900. The third-order valence-corrected chi connectivity index (χ3v) is 4.60. The normalized spacial score (nSPS) is 23.9. The van der Waals surface area contributed by atoms with Gasteiger partial charge in [0.05, 0.1) is 11.8 Å². The standard InChI is InChI=1S/C10H20N2O3S/c1-3-16(14,15)7-8(2)12-9-5-4-6-11-10(9)13/h8-9,12H,3-7H2,1-2H3,(H,11,13). The maximum atomic E-state index is 11.4. The van der Waals surface area contributed by atoms with E-state index in [-0.39, 0.29) is 29.5 Å². The predicted molar refractivity (Wildman–Crippen MR) is 63.0 cm³/mol. The van der Waals surface area contributed by atoms with Crippen molar-refractivity contribution in [3.8, 4) is 0 Å². The summed E-state index contributed by atoms with van der Waals surface area (Å²) in [5.41, 5.74) is 0. The Bertz CT molecular complexity index is 340. The van der Waals surface area contributed by atoms with E-state index in [4.69, 9.17) is 0 Å². The molecule has 1 saturated heterocycles. The van der Waals surface area contributed by atoms with Crippen LogP contribution < -0.4 is 10.6 Å². The van der Waals surface area contributed by atoms with Gasteiger partial charge in [-0.2, -0.15) is 0 Å². The molecule has 1 rings (SSSR count). The average Bonchev–Trinajstić information content (AvgIpc) is 2.21. The lowest BCUT2D eigenvalue weighted by Crippen LogP contribution is -2.52. The van der Waals surface area contributed by atoms with Gasteiger partial charge in [-0.3, -0.25) is 4.79 Å². The molecule has 0 saturated carbocycles. The van der Waals surface area contributed by atoms with Gasteiger partial charge in [-0.1, -0.05) is 6.92 Å². The number of nitrogens with one attached hydrogen (secondary N) is 2. The van der Waals surface area contributed by atoms with Gasteiger partial charge in [-0.25, -0.2) is 8.42 Å². The second-order valence-electron chi connectivity index (χ2n) is 4.25. The van der Waals surface area contributed by atoms with Crippen molar-refractivity contribution in [3.63, 3.8) is 0 Å². The minimum absolute atomic E-state index is 0.0213. The Kier molecular flexibility index (Phi) is 4.73. The van der Waals surface area contributed by atoms with Gasteiger partial charge >= 0.3 is 0 Å². The van der Waals surface area contributed by atoms with E-state index in [1.54, 1.807) is 13.8 Å². The van der Waals surface area contributed by atoms with E-state index in [1.165, 1.54) is 0 Å². The van der Waals surface area contributed by atoms with Crippen molar-refractivity contribution in [2.75, 3.05) is 18.1 Å². The number of hydrogen-bond acceptors (Lipinski definition) is 4. The van der Waals surface area contributed by atoms with E-state index < -0.39 is 9.84 Å². The van der Waals surface area contributed by atoms with Crippen LogP contribution >= 0.6 is 0 Å². The molecule has 2 atom stereocenters. The van der Waals surface area contributed by atoms with Crippen molar-refractivity contribution >= 4 is 15.7 Å². The van der Waals surface area contributed by atoms with Crippen LogP contribution in [0.4, 0.5) is 0 Å².